The molecule has 3 rings (SSSR count). The molecule has 0 saturated heterocycles. The molecule has 0 fully saturated rings. The van der Waals surface area contributed by atoms with Crippen molar-refractivity contribution in [2.75, 3.05) is 0 Å². The Bertz CT molecular complexity index is 774. The molecule has 0 atom stereocenters. The van der Waals surface area contributed by atoms with Crippen LogP contribution in [0.2, 0.25) is 0 Å². The Balaban J connectivity index is 2.12. The molecule has 0 aliphatic carbocycles. The minimum Gasteiger partial charge on any atom is -0.244 e. The van der Waals surface area contributed by atoms with Gasteiger partial charge >= 0.3 is 0 Å². The monoisotopic (exact) mass is 254 g/mol. The molecule has 0 spiro atoms. The number of rotatable bonds is 2. The van der Waals surface area contributed by atoms with Crippen molar-refractivity contribution in [3.8, 4) is 6.07 Å². The van der Waals surface area contributed by atoms with E-state index in [1.54, 1.807) is 12.4 Å². The second-order valence-corrected chi connectivity index (χ2v) is 3.89. The molecule has 0 aromatic carbocycles. The molecule has 3 heterocycles. The fourth-order valence-electron chi connectivity index (χ4n) is 1.81. The van der Waals surface area contributed by atoms with Gasteiger partial charge < -0.3 is 0 Å². The van der Waals surface area contributed by atoms with E-state index in [2.05, 4.69) is 20.1 Å². The molecule has 0 aliphatic heterocycles. The average molecular weight is 254 g/mol. The quantitative estimate of drug-likeness (QED) is 0.688. The molecule has 0 saturated carbocycles. The second-order valence-electron chi connectivity index (χ2n) is 3.89. The largest absolute Gasteiger partial charge is 0.244 e. The number of fused-ring (bicyclic) bond motifs is 1. The Kier molecular flexibility index (Phi) is 2.61. The zero-order valence-corrected chi connectivity index (χ0v) is 9.66. The molecular weight excluding hydrogens is 247 g/mol. The van der Waals surface area contributed by atoms with Crippen molar-refractivity contribution in [3.63, 3.8) is 0 Å². The van der Waals surface area contributed by atoms with Gasteiger partial charge in [-0.2, -0.15) is 10.4 Å². The van der Waals surface area contributed by atoms with Crippen LogP contribution in [-0.2, 0) is 6.54 Å². The van der Waals surface area contributed by atoms with E-state index in [-0.39, 0.29) is 5.69 Å². The topological polar surface area (TPSA) is 80.3 Å². The minimum atomic E-state index is -0.494. The third-order valence-corrected chi connectivity index (χ3v) is 2.61. The first-order chi connectivity index (χ1) is 9.28. The van der Waals surface area contributed by atoms with E-state index in [4.69, 9.17) is 5.26 Å². The van der Waals surface area contributed by atoms with Crippen molar-refractivity contribution in [3.05, 3.63) is 48.1 Å². The van der Waals surface area contributed by atoms with Crippen molar-refractivity contribution in [1.82, 2.24) is 24.7 Å². The molecule has 0 N–H and O–H groups in total. The van der Waals surface area contributed by atoms with Gasteiger partial charge in [-0.3, -0.25) is 0 Å². The van der Waals surface area contributed by atoms with Gasteiger partial charge in [0.15, 0.2) is 11.3 Å². The maximum absolute atomic E-state index is 13.2. The number of aromatic nitrogens is 5. The summed E-state index contributed by atoms with van der Waals surface area (Å²) in [4.78, 5) is 11.8. The molecule has 3 aromatic heterocycles. The molecule has 0 radical (unpaired) electrons. The Morgan fingerprint density at radius 3 is 2.79 bits per heavy atom. The summed E-state index contributed by atoms with van der Waals surface area (Å²) in [6.45, 7) is 0.373. The van der Waals surface area contributed by atoms with Crippen LogP contribution in [0.1, 0.15) is 11.3 Å². The highest BCUT2D eigenvalue weighted by atomic mass is 19.1. The fraction of sp³-hybridized carbons (Fsp3) is 0.0833. The van der Waals surface area contributed by atoms with Crippen molar-refractivity contribution < 1.29 is 4.39 Å². The van der Waals surface area contributed by atoms with Gasteiger partial charge in [0.05, 0.1) is 18.1 Å². The van der Waals surface area contributed by atoms with Gasteiger partial charge in [-0.1, -0.05) is 0 Å². The molecular formula is C12H7FN6. The standard InChI is InChI=1S/C12H7FN6/c13-9-1-10-11(2-14)18-19(12(10)17-5-9)6-8-3-15-7-16-4-8/h1,3-5,7H,6H2. The first-order valence-electron chi connectivity index (χ1n) is 5.44. The highest BCUT2D eigenvalue weighted by molar-refractivity contribution is 5.80. The van der Waals surface area contributed by atoms with Crippen LogP contribution in [0.15, 0.2) is 31.0 Å². The van der Waals surface area contributed by atoms with Crippen molar-refractivity contribution in [1.29, 1.82) is 5.26 Å². The van der Waals surface area contributed by atoms with Crippen molar-refractivity contribution >= 4 is 11.0 Å². The predicted molar refractivity (Wildman–Crippen MR) is 63.3 cm³/mol. The Morgan fingerprint density at radius 2 is 2.05 bits per heavy atom. The summed E-state index contributed by atoms with van der Waals surface area (Å²) in [7, 11) is 0. The number of hydrogen-bond acceptors (Lipinski definition) is 5. The van der Waals surface area contributed by atoms with Crippen LogP contribution in [0.4, 0.5) is 4.39 Å². The molecule has 0 amide bonds. The van der Waals surface area contributed by atoms with E-state index in [0.29, 0.717) is 17.6 Å². The van der Waals surface area contributed by atoms with E-state index in [9.17, 15) is 4.39 Å². The number of hydrogen-bond donors (Lipinski definition) is 0. The number of nitriles is 1. The molecule has 0 aliphatic rings. The highest BCUT2D eigenvalue weighted by Crippen LogP contribution is 2.17. The third kappa shape index (κ3) is 1.99. The molecule has 7 heteroatoms. The number of pyridine rings is 1. The van der Waals surface area contributed by atoms with Crippen LogP contribution in [0.5, 0.6) is 0 Å². The SMILES string of the molecule is N#Cc1nn(Cc2cncnc2)c2ncc(F)cc12. The van der Waals surface area contributed by atoms with E-state index >= 15 is 0 Å². The minimum absolute atomic E-state index is 0.152. The Morgan fingerprint density at radius 1 is 1.26 bits per heavy atom. The van der Waals surface area contributed by atoms with Crippen LogP contribution in [-0.4, -0.2) is 24.7 Å². The van der Waals surface area contributed by atoms with Crippen molar-refractivity contribution in [2.45, 2.75) is 6.54 Å². The molecule has 3 aromatic rings. The molecule has 19 heavy (non-hydrogen) atoms. The smallest absolute Gasteiger partial charge is 0.172 e. The van der Waals surface area contributed by atoms with Gasteiger partial charge in [-0.15, -0.1) is 0 Å². The average Bonchev–Trinajstić information content (AvgIpc) is 2.77. The van der Waals surface area contributed by atoms with E-state index in [1.165, 1.54) is 17.1 Å². The first kappa shape index (κ1) is 11.2. The Hall–Kier alpha value is -2.88. The summed E-state index contributed by atoms with van der Waals surface area (Å²) < 4.78 is 14.7. The van der Waals surface area contributed by atoms with Gasteiger partial charge in [0.2, 0.25) is 0 Å². The van der Waals surface area contributed by atoms with Gasteiger partial charge in [-0.05, 0) is 6.07 Å². The lowest BCUT2D eigenvalue weighted by Crippen LogP contribution is -2.03. The normalized spacial score (nSPS) is 10.5. The zero-order chi connectivity index (χ0) is 13.2. The Labute approximate surface area is 107 Å². The van der Waals surface area contributed by atoms with Crippen molar-refractivity contribution in [2.24, 2.45) is 0 Å². The van der Waals surface area contributed by atoms with Gasteiger partial charge in [0.1, 0.15) is 18.2 Å². The maximum Gasteiger partial charge on any atom is 0.172 e. The zero-order valence-electron chi connectivity index (χ0n) is 9.66. The van der Waals surface area contributed by atoms with Crippen LogP contribution >= 0.6 is 0 Å². The van der Waals surface area contributed by atoms with Crippen LogP contribution in [0.25, 0.3) is 11.0 Å². The lowest BCUT2D eigenvalue weighted by molar-refractivity contribution is 0.622. The third-order valence-electron chi connectivity index (χ3n) is 2.61. The van der Waals surface area contributed by atoms with Gasteiger partial charge in [-0.25, -0.2) is 24.0 Å². The maximum atomic E-state index is 13.2. The van der Waals surface area contributed by atoms with Crippen LogP contribution in [0, 0.1) is 17.1 Å². The predicted octanol–water partition coefficient (Wildman–Crippen LogP) is 1.28. The summed E-state index contributed by atoms with van der Waals surface area (Å²) in [6, 6.07) is 3.19. The van der Waals surface area contributed by atoms with Gasteiger partial charge in [0, 0.05) is 18.0 Å². The second kappa shape index (κ2) is 4.42. The molecule has 0 unspecified atom stereocenters. The summed E-state index contributed by atoms with van der Waals surface area (Å²) in [5, 5.41) is 13.5. The fourth-order valence-corrected chi connectivity index (χ4v) is 1.81. The highest BCUT2D eigenvalue weighted by Gasteiger charge is 2.12. The summed E-state index contributed by atoms with van der Waals surface area (Å²) >= 11 is 0. The number of halogens is 1. The van der Waals surface area contributed by atoms with E-state index in [0.717, 1.165) is 11.8 Å². The lowest BCUT2D eigenvalue weighted by Gasteiger charge is -2.01. The number of nitrogens with zero attached hydrogens (tertiary/aromatic N) is 6. The molecule has 0 bridgehead atoms. The summed E-state index contributed by atoms with van der Waals surface area (Å²) in [5.74, 6) is -0.494. The molecule has 92 valence electrons. The van der Waals surface area contributed by atoms with E-state index in [1.807, 2.05) is 6.07 Å². The van der Waals surface area contributed by atoms with Crippen LogP contribution < -0.4 is 0 Å². The summed E-state index contributed by atoms with van der Waals surface area (Å²) in [6.07, 6.45) is 5.83. The summed E-state index contributed by atoms with van der Waals surface area (Å²) in [5.41, 5.74) is 1.43. The van der Waals surface area contributed by atoms with Crippen LogP contribution in [0.3, 0.4) is 0 Å². The lowest BCUT2D eigenvalue weighted by atomic mass is 10.3. The van der Waals surface area contributed by atoms with Gasteiger partial charge in [0.25, 0.3) is 0 Å². The first-order valence-corrected chi connectivity index (χ1v) is 5.44. The molecule has 6 nitrogen and oxygen atoms in total. The van der Waals surface area contributed by atoms with E-state index < -0.39 is 5.82 Å².